The zero-order valence-corrected chi connectivity index (χ0v) is 43.1. The molecule has 0 fully saturated rings. The Labute approximate surface area is 422 Å². The van der Waals surface area contributed by atoms with Crippen LogP contribution in [0.15, 0.2) is 107 Å². The van der Waals surface area contributed by atoms with Crippen LogP contribution in [0, 0.1) is 0 Å². The third-order valence-corrected chi connectivity index (χ3v) is 14.2. The monoisotopic (exact) mass is 954 g/mol. The van der Waals surface area contributed by atoms with Gasteiger partial charge in [0, 0.05) is 13.1 Å². The Morgan fingerprint density at radius 1 is 0.446 bits per heavy atom. The third kappa shape index (κ3) is 18.6. The SMILES string of the molecule is CCCCCCCCCCCCC1Nc2cc(S(=O)(=O)[O-])ccc2N1Cc1ccccc1.CCCCCCCCCCCCC1Nc2cc(S(=O)(=O)[O-])ccc2N1Cc1ccccc1.[Ca+2]. The topological polar surface area (TPSA) is 145 Å². The number of unbranched alkanes of at least 4 members (excludes halogenated alkanes) is 18. The van der Waals surface area contributed by atoms with E-state index in [-0.39, 0.29) is 59.9 Å². The minimum atomic E-state index is -4.46. The number of hydrogen-bond acceptors (Lipinski definition) is 10. The summed E-state index contributed by atoms with van der Waals surface area (Å²) >= 11 is 0. The number of nitrogens with zero attached hydrogens (tertiary/aromatic N) is 2. The molecule has 0 saturated carbocycles. The van der Waals surface area contributed by atoms with Crippen molar-refractivity contribution in [3.8, 4) is 0 Å². The van der Waals surface area contributed by atoms with Crippen molar-refractivity contribution < 1.29 is 25.9 Å². The molecular weight excluding hydrogens is 881 g/mol. The maximum Gasteiger partial charge on any atom is 2.00 e. The summed E-state index contributed by atoms with van der Waals surface area (Å²) in [5.41, 5.74) is 5.79. The molecule has 4 aromatic rings. The second-order valence-corrected chi connectivity index (χ2v) is 20.5. The van der Waals surface area contributed by atoms with Crippen molar-refractivity contribution in [3.05, 3.63) is 108 Å². The van der Waals surface area contributed by atoms with Crippen LogP contribution in [0.25, 0.3) is 0 Å². The van der Waals surface area contributed by atoms with E-state index in [1.807, 2.05) is 36.4 Å². The average Bonchev–Trinajstić information content (AvgIpc) is 3.81. The van der Waals surface area contributed by atoms with E-state index in [4.69, 9.17) is 0 Å². The molecule has 10 nitrogen and oxygen atoms in total. The Balaban J connectivity index is 0.000000280. The van der Waals surface area contributed by atoms with Crippen LogP contribution in [0.5, 0.6) is 0 Å². The Kier molecular flexibility index (Phi) is 24.5. The van der Waals surface area contributed by atoms with Crippen LogP contribution in [0.1, 0.15) is 166 Å². The normalized spacial score (nSPS) is 15.3. The van der Waals surface area contributed by atoms with Crippen molar-refractivity contribution in [2.75, 3.05) is 20.4 Å². The van der Waals surface area contributed by atoms with Crippen LogP contribution >= 0.6 is 0 Å². The molecule has 2 atom stereocenters. The van der Waals surface area contributed by atoms with E-state index in [1.54, 1.807) is 12.1 Å². The molecule has 0 radical (unpaired) electrons. The second-order valence-electron chi connectivity index (χ2n) is 17.8. The first-order valence-electron chi connectivity index (χ1n) is 24.3. The minimum absolute atomic E-state index is 0. The molecule has 2 unspecified atom stereocenters. The molecule has 2 aliphatic heterocycles. The zero-order chi connectivity index (χ0) is 45.6. The fourth-order valence-corrected chi connectivity index (χ4v) is 9.98. The summed E-state index contributed by atoms with van der Waals surface area (Å²) in [7, 11) is -8.93. The number of benzene rings is 4. The number of nitrogens with one attached hydrogen (secondary N) is 2. The maximum absolute atomic E-state index is 11.5. The maximum atomic E-state index is 11.5. The summed E-state index contributed by atoms with van der Waals surface area (Å²) in [6.45, 7) is 5.99. The summed E-state index contributed by atoms with van der Waals surface area (Å²) in [6.07, 6.45) is 28.2. The van der Waals surface area contributed by atoms with Crippen LogP contribution in [-0.2, 0) is 33.3 Å². The van der Waals surface area contributed by atoms with Gasteiger partial charge in [-0.25, -0.2) is 16.8 Å². The van der Waals surface area contributed by atoms with Gasteiger partial charge >= 0.3 is 37.7 Å². The van der Waals surface area contributed by atoms with Crippen LogP contribution in [0.4, 0.5) is 22.7 Å². The first-order valence-corrected chi connectivity index (χ1v) is 27.1. The van der Waals surface area contributed by atoms with Gasteiger partial charge in [0.05, 0.1) is 44.9 Å². The van der Waals surface area contributed by atoms with E-state index in [9.17, 15) is 25.9 Å². The molecule has 4 aromatic carbocycles. The summed E-state index contributed by atoms with van der Waals surface area (Å²) in [4.78, 5) is 4.23. The predicted molar refractivity (Wildman–Crippen MR) is 268 cm³/mol. The van der Waals surface area contributed by atoms with E-state index in [2.05, 4.69) is 58.5 Å². The van der Waals surface area contributed by atoms with Crippen LogP contribution < -0.4 is 20.4 Å². The first-order chi connectivity index (χ1) is 31.0. The van der Waals surface area contributed by atoms with Gasteiger partial charge in [-0.3, -0.25) is 0 Å². The molecule has 0 spiro atoms. The molecule has 65 heavy (non-hydrogen) atoms. The Morgan fingerprint density at radius 2 is 0.754 bits per heavy atom. The Hall–Kier alpha value is -2.84. The fourth-order valence-electron chi connectivity index (χ4n) is 8.98. The molecular formula is C52H74CaN4O6S2. The molecule has 0 saturated heterocycles. The molecule has 0 aromatic heterocycles. The van der Waals surface area contributed by atoms with Gasteiger partial charge in [0.25, 0.3) is 0 Å². The summed E-state index contributed by atoms with van der Waals surface area (Å²) in [6, 6.07) is 29.9. The Bertz CT molecular complexity index is 2030. The quantitative estimate of drug-likeness (QED) is 0.0321. The van der Waals surface area contributed by atoms with Gasteiger partial charge in [0.2, 0.25) is 0 Å². The standard InChI is InChI=1S/2C26H38N2O3S.Ca/c2*1-2-3-4-5-6-7-8-9-10-14-17-26-27-24-20-23(32(29,30)31)18-19-25(24)28(26)21-22-15-12-11-13-16-22;/h2*11-13,15-16,18-20,26-27H,2-10,14,17,21H2,1H3,(H,29,30,31);/q;;+2/p-2. The van der Waals surface area contributed by atoms with Gasteiger partial charge in [-0.1, -0.05) is 190 Å². The molecule has 0 bridgehead atoms. The van der Waals surface area contributed by atoms with Gasteiger partial charge < -0.3 is 29.5 Å². The van der Waals surface area contributed by atoms with Crippen molar-refractivity contribution in [1.82, 2.24) is 0 Å². The van der Waals surface area contributed by atoms with Crippen molar-refractivity contribution in [2.24, 2.45) is 0 Å². The summed E-state index contributed by atoms with van der Waals surface area (Å²) < 4.78 is 68.8. The van der Waals surface area contributed by atoms with Gasteiger partial charge in [-0.15, -0.1) is 0 Å². The van der Waals surface area contributed by atoms with E-state index >= 15 is 0 Å². The largest absolute Gasteiger partial charge is 2.00 e. The van der Waals surface area contributed by atoms with Gasteiger partial charge in [-0.2, -0.15) is 0 Å². The fraction of sp³-hybridized carbons (Fsp3) is 0.538. The minimum Gasteiger partial charge on any atom is -0.744 e. The zero-order valence-electron chi connectivity index (χ0n) is 39.2. The average molecular weight is 955 g/mol. The van der Waals surface area contributed by atoms with Crippen molar-refractivity contribution in [1.29, 1.82) is 0 Å². The van der Waals surface area contributed by atoms with E-state index in [0.717, 1.165) is 61.5 Å². The van der Waals surface area contributed by atoms with E-state index in [1.165, 1.54) is 151 Å². The van der Waals surface area contributed by atoms with Crippen LogP contribution in [0.2, 0.25) is 0 Å². The molecule has 6 rings (SSSR count). The predicted octanol–water partition coefficient (Wildman–Crippen LogP) is 12.9. The number of anilines is 4. The summed E-state index contributed by atoms with van der Waals surface area (Å²) in [5, 5.41) is 6.94. The van der Waals surface area contributed by atoms with E-state index < -0.39 is 20.2 Å². The first kappa shape index (κ1) is 54.8. The smallest absolute Gasteiger partial charge is 0.744 e. The number of hydrogen-bond donors (Lipinski definition) is 2. The molecule has 2 heterocycles. The van der Waals surface area contributed by atoms with Crippen molar-refractivity contribution in [2.45, 2.75) is 190 Å². The van der Waals surface area contributed by atoms with Gasteiger partial charge in [-0.05, 0) is 73.2 Å². The van der Waals surface area contributed by atoms with Crippen molar-refractivity contribution in [3.63, 3.8) is 0 Å². The van der Waals surface area contributed by atoms with Gasteiger partial charge in [0.1, 0.15) is 20.2 Å². The van der Waals surface area contributed by atoms with E-state index in [0.29, 0.717) is 0 Å². The molecule has 2 N–H and O–H groups in total. The molecule has 2 aliphatic rings. The van der Waals surface area contributed by atoms with Crippen LogP contribution in [-0.4, -0.2) is 76.0 Å². The molecule has 13 heteroatoms. The number of rotatable bonds is 28. The van der Waals surface area contributed by atoms with Crippen molar-refractivity contribution >= 4 is 80.7 Å². The molecule has 0 amide bonds. The molecule has 0 aliphatic carbocycles. The van der Waals surface area contributed by atoms with Crippen LogP contribution in [0.3, 0.4) is 0 Å². The second kappa shape index (κ2) is 29.1. The van der Waals surface area contributed by atoms with Gasteiger partial charge in [0.15, 0.2) is 0 Å². The third-order valence-electron chi connectivity index (χ3n) is 12.6. The number of fused-ring (bicyclic) bond motifs is 2. The molecule has 352 valence electrons. The Morgan fingerprint density at radius 3 is 1.06 bits per heavy atom. The summed E-state index contributed by atoms with van der Waals surface area (Å²) in [5.74, 6) is 0.